The van der Waals surface area contributed by atoms with Crippen molar-refractivity contribution >= 4 is 0 Å². The monoisotopic (exact) mass is 1770 g/mol. The van der Waals surface area contributed by atoms with Crippen molar-refractivity contribution in [3.63, 3.8) is 0 Å². The molecule has 0 aliphatic rings. The van der Waals surface area contributed by atoms with E-state index in [2.05, 4.69) is 204 Å². The molecule has 0 fully saturated rings. The van der Waals surface area contributed by atoms with Crippen LogP contribution < -0.4 is 30.6 Å². The van der Waals surface area contributed by atoms with Crippen molar-refractivity contribution in [3.05, 3.63) is 176 Å². The van der Waals surface area contributed by atoms with Gasteiger partial charge in [0.2, 0.25) is 0 Å². The van der Waals surface area contributed by atoms with Gasteiger partial charge in [-0.15, -0.1) is 34.5 Å². The minimum absolute atomic E-state index is 0. The first-order valence-corrected chi connectivity index (χ1v) is 36.6. The summed E-state index contributed by atoms with van der Waals surface area (Å²) in [6.45, 7) is 54.9. The first-order chi connectivity index (χ1) is 47.9. The summed E-state index contributed by atoms with van der Waals surface area (Å²) in [6, 6.07) is 35.0. The zero-order valence-corrected chi connectivity index (χ0v) is 73.7. The molecule has 0 heterocycles. The molecule has 0 N–H and O–H groups in total. The van der Waals surface area contributed by atoms with Crippen LogP contribution in [0.15, 0.2) is 109 Å². The Morgan fingerprint density at radius 3 is 0.288 bits per heavy atom. The Labute approximate surface area is 712 Å². The predicted molar refractivity (Wildman–Crippen MR) is 419 cm³/mol. The average molecular weight is 1770 g/mol. The second-order valence-electron chi connectivity index (χ2n) is 28.4. The first kappa shape index (κ1) is 112. The van der Waals surface area contributed by atoms with Crippen molar-refractivity contribution in [1.29, 1.82) is 0 Å². The summed E-state index contributed by atoms with van der Waals surface area (Å²) in [5.74, 6) is 5.28. The first-order valence-electron chi connectivity index (χ1n) is 36.6. The number of para-hydroxylation sites is 6. The fourth-order valence-corrected chi connectivity index (χ4v) is 9.56. The molecule has 0 aliphatic carbocycles. The molecule has 6 aromatic carbocycles. The van der Waals surface area contributed by atoms with E-state index in [4.69, 9.17) is 0 Å². The summed E-state index contributed by atoms with van der Waals surface area (Å²) in [4.78, 5) is 0. The molecule has 0 bridgehead atoms. The second-order valence-corrected chi connectivity index (χ2v) is 28.4. The topological polar surface area (TPSA) is 212 Å². The molecule has 0 aromatic heterocycles. The minimum Gasteiger partial charge on any atom is -0.872 e. The summed E-state index contributed by atoms with van der Waals surface area (Å²) >= 11 is 0. The van der Waals surface area contributed by atoms with Gasteiger partial charge in [0.25, 0.3) is 0 Å². The van der Waals surface area contributed by atoms with E-state index in [0.717, 1.165) is 66.8 Å². The van der Waals surface area contributed by atoms with Crippen molar-refractivity contribution in [1.82, 2.24) is 0 Å². The summed E-state index contributed by atoms with van der Waals surface area (Å²) < 4.78 is 37.3. The number of hydrogen-bond acceptors (Lipinski definition) is 14. The molecule has 2 radical (unpaired) electrons. The van der Waals surface area contributed by atoms with Gasteiger partial charge < -0.3 is 68.5 Å². The third-order valence-electron chi connectivity index (χ3n) is 15.9. The van der Waals surface area contributed by atoms with Gasteiger partial charge in [0.05, 0.1) is 52.9 Å². The smallest absolute Gasteiger partial charge is 0.872 e. The Morgan fingerprint density at radius 2 is 0.240 bits per heavy atom. The largest absolute Gasteiger partial charge is 3.00 e. The Hall–Kier alpha value is -3.16. The van der Waals surface area contributed by atoms with Crippen LogP contribution in [-0.4, -0.2) is 110 Å². The van der Waals surface area contributed by atoms with Gasteiger partial charge in [-0.2, -0.15) is 0 Å². The molecule has 0 saturated carbocycles. The van der Waals surface area contributed by atoms with Gasteiger partial charge in [0.15, 0.2) is 0 Å². The van der Waals surface area contributed by atoms with Gasteiger partial charge >= 0.3 is 93.8 Å². The number of ether oxygens (including phenoxy) is 8. The number of hydrogen-bond donors (Lipinski definition) is 0. The molecule has 0 spiro atoms. The van der Waals surface area contributed by atoms with E-state index in [-0.39, 0.29) is 128 Å². The van der Waals surface area contributed by atoms with Crippen LogP contribution >= 0.6 is 0 Å². The molecule has 6 aromatic rings. The van der Waals surface area contributed by atoms with Gasteiger partial charge in [0.1, 0.15) is 0 Å². The zero-order chi connectivity index (χ0) is 79.4. The quantitative estimate of drug-likeness (QED) is 0.0516. The number of rotatable bonds is 24. The molecule has 0 saturated heterocycles. The van der Waals surface area contributed by atoms with Crippen LogP contribution in [0.25, 0.3) is 0 Å². The van der Waals surface area contributed by atoms with Gasteiger partial charge in [-0.05, 0) is 71.0 Å². The predicted octanol–water partition coefficient (Wildman–Crippen LogP) is 19.2. The van der Waals surface area contributed by atoms with Gasteiger partial charge in [-0.3, -0.25) is 0 Å². The molecule has 104 heavy (non-hydrogen) atoms. The summed E-state index contributed by atoms with van der Waals surface area (Å²) in [6.07, 6.45) is 0. The van der Waals surface area contributed by atoms with Crippen molar-refractivity contribution < 1.29 is 162 Å². The van der Waals surface area contributed by atoms with E-state index in [1.807, 2.05) is 109 Å². The maximum Gasteiger partial charge on any atom is 3.00 e. The summed E-state index contributed by atoms with van der Waals surface area (Å²) in [7, 11) is 13.2. The van der Waals surface area contributed by atoms with Crippen LogP contribution in [0.1, 0.15) is 304 Å². The van der Waals surface area contributed by atoms with Crippen LogP contribution in [0.4, 0.5) is 0 Å². The number of methoxy groups -OCH3 is 8. The van der Waals surface area contributed by atoms with E-state index in [1.54, 1.807) is 56.9 Å². The fraction of sp³-hybridized carbons (Fsp3) is 0.591. The minimum atomic E-state index is 0. The summed E-state index contributed by atoms with van der Waals surface area (Å²) in [5, 5.41) is 71.1. The molecule has 14 nitrogen and oxygen atoms in total. The van der Waals surface area contributed by atoms with E-state index in [1.165, 1.54) is 0 Å². The fourth-order valence-electron chi connectivity index (χ4n) is 9.56. The SMILES string of the molecule is CC(C)c1cccc(C(C)C)c1[O-].CC(C)c1cccc(C(C)C)c1[O-].CC(C)c1cccc(C(C)C)c1[O-].CC(C)c1cccc(C(C)C)c1[O-].CC(C)c1cccc(C(C)C)c1[O-].CC(C)c1cccc(C(C)C)c1[O-].COCCOC.COCCOC.COCCOC.COCCOC.[Yb+3].[Yb+3]. The molecule has 0 amide bonds. The van der Waals surface area contributed by atoms with Crippen LogP contribution in [0.5, 0.6) is 34.5 Å². The normalized spacial score (nSPS) is 10.5. The van der Waals surface area contributed by atoms with Crippen molar-refractivity contribution in [2.75, 3.05) is 110 Å². The summed E-state index contributed by atoms with van der Waals surface area (Å²) in [5.41, 5.74) is 11.2. The molecular formula is C88H142O14Yb2. The van der Waals surface area contributed by atoms with Crippen LogP contribution in [0.3, 0.4) is 0 Å². The molecule has 0 atom stereocenters. The second kappa shape index (κ2) is 66.8. The molecule has 16 heteroatoms. The Kier molecular flexibility index (Phi) is 71.8. The van der Waals surface area contributed by atoms with Gasteiger partial charge in [-0.25, -0.2) is 0 Å². The van der Waals surface area contributed by atoms with E-state index >= 15 is 0 Å². The van der Waals surface area contributed by atoms with E-state index in [0.29, 0.717) is 124 Å². The van der Waals surface area contributed by atoms with Crippen molar-refractivity contribution in [3.8, 4) is 34.5 Å². The average Bonchev–Trinajstić information content (AvgIpc) is 0.896. The van der Waals surface area contributed by atoms with Gasteiger partial charge in [0, 0.05) is 56.9 Å². The van der Waals surface area contributed by atoms with Crippen LogP contribution in [0.2, 0.25) is 0 Å². The third kappa shape index (κ3) is 47.7. The Morgan fingerprint density at radius 1 is 0.173 bits per heavy atom. The molecule has 0 aliphatic heterocycles. The zero-order valence-electron chi connectivity index (χ0n) is 70.2. The maximum absolute atomic E-state index is 11.9. The van der Waals surface area contributed by atoms with E-state index in [9.17, 15) is 30.6 Å². The van der Waals surface area contributed by atoms with Crippen molar-refractivity contribution in [2.24, 2.45) is 0 Å². The van der Waals surface area contributed by atoms with Gasteiger partial charge in [-0.1, -0.05) is 342 Å². The third-order valence-corrected chi connectivity index (χ3v) is 15.9. The van der Waals surface area contributed by atoms with Crippen LogP contribution in [-0.2, 0) is 37.9 Å². The molecule has 0 unspecified atom stereocenters. The number of benzene rings is 6. The Balaban J connectivity index is -0.000000260. The van der Waals surface area contributed by atoms with E-state index < -0.39 is 0 Å². The Bertz CT molecular complexity index is 2330. The standard InChI is InChI=1S/6C12H18O.4C4H10O2.2Yb/c6*1-8(2)10-6-5-7-11(9(3)4)12(10)13;4*1-5-3-4-6-2;;/h6*5-9,13H,1-4H3;4*3-4H2,1-2H3;;/q;;;;;;;;;;2*+3/p-6. The van der Waals surface area contributed by atoms with Crippen LogP contribution in [0, 0.1) is 93.8 Å². The molecular weight excluding hydrogens is 1630 g/mol. The molecule has 6 rings (SSSR count). The molecule has 606 valence electrons. The van der Waals surface area contributed by atoms with Crippen molar-refractivity contribution in [2.45, 2.75) is 237 Å². The maximum atomic E-state index is 11.9.